The van der Waals surface area contributed by atoms with E-state index < -0.39 is 17.7 Å². The number of halogens is 2. The second kappa shape index (κ2) is 7.97. The fourth-order valence-electron chi connectivity index (χ4n) is 5.91. The average Bonchev–Trinajstić information content (AvgIpc) is 3.59. The van der Waals surface area contributed by atoms with Gasteiger partial charge in [0.05, 0.1) is 12.2 Å². The third kappa shape index (κ3) is 3.69. The molecule has 2 saturated carbocycles. The summed E-state index contributed by atoms with van der Waals surface area (Å²) in [5.74, 6) is 1.25. The molecule has 3 aromatic rings. The Bertz CT molecular complexity index is 1210. The molecule has 2 aliphatic carbocycles. The zero-order chi connectivity index (χ0) is 22.5. The maximum Gasteiger partial charge on any atom is 0.413 e. The van der Waals surface area contributed by atoms with E-state index in [1.54, 1.807) is 12.3 Å². The van der Waals surface area contributed by atoms with Crippen molar-refractivity contribution >= 4 is 17.6 Å². The third-order valence-corrected chi connectivity index (χ3v) is 7.43. The molecule has 1 aliphatic heterocycles. The van der Waals surface area contributed by atoms with E-state index in [9.17, 15) is 13.6 Å². The van der Waals surface area contributed by atoms with Crippen molar-refractivity contribution in [2.75, 3.05) is 11.4 Å². The van der Waals surface area contributed by atoms with Crippen LogP contribution in [0.4, 0.5) is 19.4 Å². The van der Waals surface area contributed by atoms with Gasteiger partial charge in [0, 0.05) is 24.3 Å². The van der Waals surface area contributed by atoms with Gasteiger partial charge in [0.25, 0.3) is 0 Å². The van der Waals surface area contributed by atoms with Crippen molar-refractivity contribution in [1.29, 1.82) is 0 Å². The molecule has 172 valence electrons. The first-order valence-electron chi connectivity index (χ1n) is 11.6. The van der Waals surface area contributed by atoms with Crippen LogP contribution in [0, 0.1) is 23.5 Å². The molecule has 0 spiro atoms. The van der Waals surface area contributed by atoms with Crippen molar-refractivity contribution in [3.63, 3.8) is 0 Å². The zero-order valence-corrected chi connectivity index (χ0v) is 18.1. The van der Waals surface area contributed by atoms with Gasteiger partial charge in [-0.05, 0) is 68.2 Å². The molecule has 3 aliphatic rings. The number of nitrogens with zero attached hydrogens (tertiary/aromatic N) is 4. The summed E-state index contributed by atoms with van der Waals surface area (Å²) >= 11 is 0. The van der Waals surface area contributed by atoms with Crippen molar-refractivity contribution in [2.24, 2.45) is 11.8 Å². The quantitative estimate of drug-likeness (QED) is 0.624. The largest absolute Gasteiger partial charge is 0.413 e. The third-order valence-electron chi connectivity index (χ3n) is 7.43. The molecule has 2 aromatic heterocycles. The lowest BCUT2D eigenvalue weighted by Gasteiger charge is -2.26. The molecule has 7 nitrogen and oxygen atoms in total. The van der Waals surface area contributed by atoms with Crippen LogP contribution < -0.4 is 15.0 Å². The van der Waals surface area contributed by atoms with E-state index in [0.29, 0.717) is 35.9 Å². The summed E-state index contributed by atoms with van der Waals surface area (Å²) in [7, 11) is 0. The second-order valence-electron chi connectivity index (χ2n) is 9.40. The van der Waals surface area contributed by atoms with Crippen molar-refractivity contribution in [3.8, 4) is 5.75 Å². The summed E-state index contributed by atoms with van der Waals surface area (Å²) in [5.41, 5.74) is 0.727. The maximum absolute atomic E-state index is 14.5. The Balaban J connectivity index is 1.23. The van der Waals surface area contributed by atoms with Crippen LogP contribution in [0.2, 0.25) is 0 Å². The number of hydrogen-bond acceptors (Lipinski definition) is 5. The minimum absolute atomic E-state index is 0.174. The standard InChI is InChI=1S/C24H25F2N5O2/c25-16-5-6-18(26)17(12-16)20-2-1-8-30(20)22-7-9-31-23(29-22)21(13-27-31)33-24(32)28-19-11-14-3-4-15(19)10-14/h5-7,9,12-15,19-20H,1-4,8,10-11H2,(H,28,32)/t14?,15?,19-,20+/m0/s1. The highest BCUT2D eigenvalue weighted by molar-refractivity contribution is 5.73. The number of benzene rings is 1. The Hall–Kier alpha value is -3.23. The van der Waals surface area contributed by atoms with Crippen LogP contribution in [-0.2, 0) is 0 Å². The van der Waals surface area contributed by atoms with Crippen LogP contribution in [0.15, 0.2) is 36.7 Å². The molecular formula is C24H25F2N5O2. The zero-order valence-electron chi connectivity index (χ0n) is 18.1. The molecule has 3 heterocycles. The van der Waals surface area contributed by atoms with Gasteiger partial charge >= 0.3 is 6.09 Å². The lowest BCUT2D eigenvalue weighted by atomic mass is 9.96. The second-order valence-corrected chi connectivity index (χ2v) is 9.40. The molecule has 3 fully saturated rings. The van der Waals surface area contributed by atoms with Gasteiger partial charge in [-0.1, -0.05) is 6.42 Å². The number of anilines is 1. The number of hydrogen-bond donors (Lipinski definition) is 1. The summed E-state index contributed by atoms with van der Waals surface area (Å²) < 4.78 is 35.4. The van der Waals surface area contributed by atoms with Gasteiger partial charge in [-0.3, -0.25) is 0 Å². The highest BCUT2D eigenvalue weighted by atomic mass is 19.1. The molecule has 4 atom stereocenters. The van der Waals surface area contributed by atoms with E-state index in [1.165, 1.54) is 36.0 Å². The van der Waals surface area contributed by atoms with Crippen LogP contribution >= 0.6 is 0 Å². The van der Waals surface area contributed by atoms with Crippen molar-refractivity contribution in [2.45, 2.75) is 50.6 Å². The predicted molar refractivity (Wildman–Crippen MR) is 117 cm³/mol. The molecule has 1 aromatic carbocycles. The molecule has 9 heteroatoms. The molecule has 0 radical (unpaired) electrons. The fraction of sp³-hybridized carbons (Fsp3) is 0.458. The van der Waals surface area contributed by atoms with Gasteiger partial charge in [0.15, 0.2) is 5.75 Å². The summed E-state index contributed by atoms with van der Waals surface area (Å²) in [4.78, 5) is 19.2. The number of nitrogens with one attached hydrogen (secondary N) is 1. The molecule has 6 rings (SSSR count). The number of aromatic nitrogens is 3. The Morgan fingerprint density at radius 3 is 2.88 bits per heavy atom. The molecule has 1 N–H and O–H groups in total. The minimum Gasteiger partial charge on any atom is -0.405 e. The van der Waals surface area contributed by atoms with Gasteiger partial charge in [-0.15, -0.1) is 0 Å². The van der Waals surface area contributed by atoms with Crippen LogP contribution in [0.1, 0.15) is 50.1 Å². The minimum atomic E-state index is -0.490. The van der Waals surface area contributed by atoms with Crippen molar-refractivity contribution in [1.82, 2.24) is 19.9 Å². The van der Waals surface area contributed by atoms with Gasteiger partial charge in [0.1, 0.15) is 17.5 Å². The first kappa shape index (κ1) is 20.4. The van der Waals surface area contributed by atoms with Gasteiger partial charge in [-0.2, -0.15) is 5.10 Å². The molecule has 2 unspecified atom stereocenters. The first-order chi connectivity index (χ1) is 16.0. The Kier molecular flexibility index (Phi) is 4.92. The maximum atomic E-state index is 14.5. The predicted octanol–water partition coefficient (Wildman–Crippen LogP) is 4.63. The van der Waals surface area contributed by atoms with Crippen LogP contribution in [0.25, 0.3) is 5.65 Å². The number of fused-ring (bicyclic) bond motifs is 3. The van der Waals surface area contributed by atoms with Crippen molar-refractivity contribution in [3.05, 3.63) is 53.9 Å². The van der Waals surface area contributed by atoms with E-state index in [-0.39, 0.29) is 17.8 Å². The molecule has 1 amide bonds. The average molecular weight is 453 g/mol. The van der Waals surface area contributed by atoms with Crippen LogP contribution in [-0.4, -0.2) is 33.3 Å². The molecule has 2 bridgehead atoms. The lowest BCUT2D eigenvalue weighted by molar-refractivity contribution is 0.190. The highest BCUT2D eigenvalue weighted by Gasteiger charge is 2.40. The van der Waals surface area contributed by atoms with E-state index in [0.717, 1.165) is 30.9 Å². The van der Waals surface area contributed by atoms with Crippen molar-refractivity contribution < 1.29 is 18.3 Å². The van der Waals surface area contributed by atoms with Crippen LogP contribution in [0.5, 0.6) is 5.75 Å². The lowest BCUT2D eigenvalue weighted by Crippen LogP contribution is -2.40. The Morgan fingerprint density at radius 1 is 1.15 bits per heavy atom. The number of carbonyl (C=O) groups is 1. The summed E-state index contributed by atoms with van der Waals surface area (Å²) in [5, 5.41) is 7.24. The van der Waals surface area contributed by atoms with Gasteiger partial charge < -0.3 is 15.0 Å². The fourth-order valence-corrected chi connectivity index (χ4v) is 5.91. The van der Waals surface area contributed by atoms with Crippen LogP contribution in [0.3, 0.4) is 0 Å². The summed E-state index contributed by atoms with van der Waals surface area (Å²) in [6.07, 6.45) is 8.88. The molecule has 1 saturated heterocycles. The smallest absolute Gasteiger partial charge is 0.405 e. The summed E-state index contributed by atoms with van der Waals surface area (Å²) in [6.45, 7) is 0.666. The number of carbonyl (C=O) groups excluding carboxylic acids is 1. The molecular weight excluding hydrogens is 428 g/mol. The first-order valence-corrected chi connectivity index (χ1v) is 11.6. The number of rotatable bonds is 4. The van der Waals surface area contributed by atoms with E-state index >= 15 is 0 Å². The SMILES string of the molecule is O=C(N[C@H]1CC2CCC1C2)Oc1cnn2ccc(N3CCC[C@@H]3c3cc(F)ccc3F)nc12. The summed E-state index contributed by atoms with van der Waals surface area (Å²) in [6, 6.07) is 5.19. The van der Waals surface area contributed by atoms with E-state index in [1.807, 2.05) is 4.90 Å². The van der Waals surface area contributed by atoms with E-state index in [4.69, 9.17) is 4.74 Å². The Labute approximate surface area is 189 Å². The topological polar surface area (TPSA) is 71.8 Å². The number of amides is 1. The highest BCUT2D eigenvalue weighted by Crippen LogP contribution is 2.44. The Morgan fingerprint density at radius 2 is 2.06 bits per heavy atom. The van der Waals surface area contributed by atoms with E-state index in [2.05, 4.69) is 15.4 Å². The number of ether oxygens (including phenoxy) is 1. The van der Waals surface area contributed by atoms with Gasteiger partial charge in [-0.25, -0.2) is 23.1 Å². The monoisotopic (exact) mass is 453 g/mol. The molecule has 33 heavy (non-hydrogen) atoms. The van der Waals surface area contributed by atoms with Gasteiger partial charge in [0.2, 0.25) is 5.65 Å². The normalized spacial score (nSPS) is 26.3.